The van der Waals surface area contributed by atoms with Crippen molar-refractivity contribution in [3.63, 3.8) is 0 Å². The lowest BCUT2D eigenvalue weighted by molar-refractivity contribution is -0.139. The summed E-state index contributed by atoms with van der Waals surface area (Å²) in [5, 5.41) is 21.9. The fourth-order valence-corrected chi connectivity index (χ4v) is 4.63. The highest BCUT2D eigenvalue weighted by molar-refractivity contribution is 5.87. The van der Waals surface area contributed by atoms with Crippen molar-refractivity contribution in [2.75, 3.05) is 13.2 Å². The smallest absolute Gasteiger partial charge is 0.405 e. The average Bonchev–Trinajstić information content (AvgIpc) is 2.95. The van der Waals surface area contributed by atoms with E-state index in [4.69, 9.17) is 4.74 Å². The highest BCUT2D eigenvalue weighted by atomic mass is 16.5. The zero-order valence-corrected chi connectivity index (χ0v) is 16.1. The minimum atomic E-state index is -1.22. The van der Waals surface area contributed by atoms with E-state index in [1.807, 2.05) is 20.8 Å². The van der Waals surface area contributed by atoms with Gasteiger partial charge in [-0.05, 0) is 17.3 Å². The molecule has 5 atom stereocenters. The van der Waals surface area contributed by atoms with Gasteiger partial charge in [0.2, 0.25) is 5.91 Å². The average molecular weight is 356 g/mol. The zero-order valence-electron chi connectivity index (χ0n) is 16.1. The maximum atomic E-state index is 13.3. The van der Waals surface area contributed by atoms with E-state index in [0.717, 1.165) is 0 Å². The number of nitrogens with zero attached hydrogens (tertiary/aromatic N) is 1. The molecule has 2 aliphatic rings. The molecule has 0 unspecified atom stereocenters. The Balaban J connectivity index is 2.28. The summed E-state index contributed by atoms with van der Waals surface area (Å²) in [5.74, 6) is -0.164. The number of carbonyl (C=O) groups excluding carboxylic acids is 1. The van der Waals surface area contributed by atoms with E-state index in [2.05, 4.69) is 26.1 Å². The molecule has 2 rings (SSSR count). The van der Waals surface area contributed by atoms with Crippen LogP contribution in [0.4, 0.5) is 4.79 Å². The highest BCUT2D eigenvalue weighted by Gasteiger charge is 2.53. The number of amides is 2. The van der Waals surface area contributed by atoms with Gasteiger partial charge in [-0.1, -0.05) is 41.5 Å². The van der Waals surface area contributed by atoms with E-state index in [1.54, 1.807) is 4.90 Å². The van der Waals surface area contributed by atoms with E-state index in [0.29, 0.717) is 13.0 Å². The number of aliphatic hydroxyl groups is 1. The largest absolute Gasteiger partial charge is 0.465 e. The molecule has 144 valence electrons. The Kier molecular flexibility index (Phi) is 5.40. The Morgan fingerprint density at radius 3 is 2.40 bits per heavy atom. The maximum Gasteiger partial charge on any atom is 0.405 e. The number of hydrogen-bond acceptors (Lipinski definition) is 4. The number of aliphatic hydroxyl groups excluding tert-OH is 1. The number of nitrogens with one attached hydrogen (secondary N) is 1. The second-order valence-electron chi connectivity index (χ2n) is 9.43. The highest BCUT2D eigenvalue weighted by Crippen LogP contribution is 2.39. The summed E-state index contributed by atoms with van der Waals surface area (Å²) in [6, 6.07) is -1.27. The molecule has 0 aromatic rings. The monoisotopic (exact) mass is 356 g/mol. The third kappa shape index (κ3) is 4.26. The Hall–Kier alpha value is -1.34. The van der Waals surface area contributed by atoms with Gasteiger partial charge in [0.15, 0.2) is 0 Å². The lowest BCUT2D eigenvalue weighted by atomic mass is 9.71. The molecule has 3 N–H and O–H groups in total. The van der Waals surface area contributed by atoms with E-state index in [-0.39, 0.29) is 30.0 Å². The van der Waals surface area contributed by atoms with Gasteiger partial charge in [-0.25, -0.2) is 4.79 Å². The summed E-state index contributed by atoms with van der Waals surface area (Å²) in [6.45, 7) is 12.7. The Morgan fingerprint density at radius 2 is 1.88 bits per heavy atom. The van der Waals surface area contributed by atoms with Crippen LogP contribution in [0, 0.1) is 16.7 Å². The molecule has 2 fully saturated rings. The van der Waals surface area contributed by atoms with Crippen LogP contribution in [0.25, 0.3) is 0 Å². The summed E-state index contributed by atoms with van der Waals surface area (Å²) in [4.78, 5) is 26.2. The number of likely N-dealkylation sites (tertiary alicyclic amines) is 1. The van der Waals surface area contributed by atoms with Crippen molar-refractivity contribution in [3.05, 3.63) is 0 Å². The minimum absolute atomic E-state index is 0.0565. The molecule has 0 aromatic carbocycles. The van der Waals surface area contributed by atoms with Crippen LogP contribution < -0.4 is 5.32 Å². The summed E-state index contributed by atoms with van der Waals surface area (Å²) in [6.07, 6.45) is -1.45. The molecule has 0 radical (unpaired) electrons. The quantitative estimate of drug-likeness (QED) is 0.712. The number of ether oxygens (including phenoxy) is 1. The maximum absolute atomic E-state index is 13.3. The molecular weight excluding hydrogens is 324 g/mol. The van der Waals surface area contributed by atoms with Gasteiger partial charge in [0.1, 0.15) is 12.1 Å². The third-order valence-corrected chi connectivity index (χ3v) is 5.16. The molecule has 0 aromatic heterocycles. The standard InChI is InChI=1S/C18H32N2O5/c1-10-7-20(12-11(21)8-25-13(10)12)15(22)14(19-16(23)24)18(5,6)9-17(2,3)4/h10-14,19,21H,7-9H2,1-6H3,(H,23,24)/t10-,11+,12-,13-,14-/m1/s1. The third-order valence-electron chi connectivity index (χ3n) is 5.16. The number of carbonyl (C=O) groups is 2. The molecule has 7 nitrogen and oxygen atoms in total. The van der Waals surface area contributed by atoms with Crippen LogP contribution in [0.5, 0.6) is 0 Å². The predicted molar refractivity (Wildman–Crippen MR) is 93.2 cm³/mol. The number of carboxylic acid groups (broad SMARTS) is 1. The van der Waals surface area contributed by atoms with Crippen molar-refractivity contribution in [2.24, 2.45) is 16.7 Å². The summed E-state index contributed by atoms with van der Waals surface area (Å²) in [7, 11) is 0. The van der Waals surface area contributed by atoms with Crippen LogP contribution in [0.15, 0.2) is 0 Å². The summed E-state index contributed by atoms with van der Waals surface area (Å²) in [5.41, 5.74) is -0.626. The Morgan fingerprint density at radius 1 is 1.28 bits per heavy atom. The van der Waals surface area contributed by atoms with Crippen LogP contribution in [0.3, 0.4) is 0 Å². The van der Waals surface area contributed by atoms with Crippen molar-refractivity contribution < 1.29 is 24.5 Å². The van der Waals surface area contributed by atoms with E-state index < -0.39 is 29.7 Å². The fraction of sp³-hybridized carbons (Fsp3) is 0.889. The van der Waals surface area contributed by atoms with E-state index in [1.165, 1.54) is 0 Å². The van der Waals surface area contributed by atoms with Crippen LogP contribution >= 0.6 is 0 Å². The molecule has 0 spiro atoms. The topological polar surface area (TPSA) is 99.1 Å². The van der Waals surface area contributed by atoms with Gasteiger partial charge in [-0.2, -0.15) is 0 Å². The number of rotatable bonds is 4. The molecule has 0 aliphatic carbocycles. The van der Waals surface area contributed by atoms with Gasteiger partial charge >= 0.3 is 6.09 Å². The van der Waals surface area contributed by atoms with Gasteiger partial charge in [-0.3, -0.25) is 4.79 Å². The van der Waals surface area contributed by atoms with Crippen LogP contribution in [-0.4, -0.2) is 64.6 Å². The molecule has 0 saturated carbocycles. The lowest BCUT2D eigenvalue weighted by Crippen LogP contribution is -2.58. The molecule has 25 heavy (non-hydrogen) atoms. The second-order valence-corrected chi connectivity index (χ2v) is 9.43. The summed E-state index contributed by atoms with van der Waals surface area (Å²) >= 11 is 0. The normalized spacial score (nSPS) is 30.9. The van der Waals surface area contributed by atoms with Crippen molar-refractivity contribution >= 4 is 12.0 Å². The second kappa shape index (κ2) is 6.76. The fourth-order valence-electron chi connectivity index (χ4n) is 4.63. The minimum Gasteiger partial charge on any atom is -0.465 e. The van der Waals surface area contributed by atoms with Crippen LogP contribution in [0.2, 0.25) is 0 Å². The Labute approximate surface area is 149 Å². The van der Waals surface area contributed by atoms with Crippen molar-refractivity contribution in [3.8, 4) is 0 Å². The van der Waals surface area contributed by atoms with Crippen LogP contribution in [0.1, 0.15) is 48.0 Å². The van der Waals surface area contributed by atoms with Gasteiger partial charge < -0.3 is 25.2 Å². The first kappa shape index (κ1) is 20.0. The van der Waals surface area contributed by atoms with Crippen molar-refractivity contribution in [2.45, 2.75) is 72.3 Å². The first-order valence-corrected chi connectivity index (χ1v) is 8.93. The molecule has 7 heteroatoms. The predicted octanol–water partition coefficient (Wildman–Crippen LogP) is 1.69. The first-order chi connectivity index (χ1) is 11.3. The molecule has 2 saturated heterocycles. The van der Waals surface area contributed by atoms with E-state index in [9.17, 15) is 19.8 Å². The number of fused-ring (bicyclic) bond motifs is 1. The molecule has 2 heterocycles. The summed E-state index contributed by atoms with van der Waals surface area (Å²) < 4.78 is 5.63. The molecule has 2 amide bonds. The zero-order chi connectivity index (χ0) is 19.2. The molecule has 2 aliphatic heterocycles. The Bertz CT molecular complexity index is 528. The SMILES string of the molecule is C[C@@H]1CN(C(=O)[C@@H](NC(=O)O)C(C)(C)CC(C)(C)C)[C@H]2[C@@H]1OC[C@@H]2O. The van der Waals surface area contributed by atoms with Gasteiger partial charge in [0.25, 0.3) is 0 Å². The lowest BCUT2D eigenvalue weighted by Gasteiger charge is -2.40. The van der Waals surface area contributed by atoms with Gasteiger partial charge in [-0.15, -0.1) is 0 Å². The van der Waals surface area contributed by atoms with Gasteiger partial charge in [0, 0.05) is 12.5 Å². The number of hydrogen-bond donors (Lipinski definition) is 3. The van der Waals surface area contributed by atoms with Crippen LogP contribution in [-0.2, 0) is 9.53 Å². The van der Waals surface area contributed by atoms with Crippen molar-refractivity contribution in [1.82, 2.24) is 10.2 Å². The molecular formula is C18H32N2O5. The van der Waals surface area contributed by atoms with E-state index >= 15 is 0 Å². The first-order valence-electron chi connectivity index (χ1n) is 8.93. The van der Waals surface area contributed by atoms with Gasteiger partial charge in [0.05, 0.1) is 18.8 Å². The molecule has 0 bridgehead atoms. The van der Waals surface area contributed by atoms with Crippen molar-refractivity contribution in [1.29, 1.82) is 0 Å².